The van der Waals surface area contributed by atoms with Gasteiger partial charge in [0.25, 0.3) is 0 Å². The van der Waals surface area contributed by atoms with E-state index in [2.05, 4.69) is 12.1 Å². The molecule has 0 amide bonds. The third-order valence-electron chi connectivity index (χ3n) is 3.36. The zero-order valence-corrected chi connectivity index (χ0v) is 10.6. The van der Waals surface area contributed by atoms with Gasteiger partial charge in [0.1, 0.15) is 5.75 Å². The number of rotatable bonds is 4. The topological polar surface area (TPSA) is 35.2 Å². The van der Waals surface area contributed by atoms with Gasteiger partial charge in [-0.1, -0.05) is 23.7 Å². The number of methoxy groups -OCH3 is 1. The highest BCUT2D eigenvalue weighted by Crippen LogP contribution is 2.38. The second-order valence-corrected chi connectivity index (χ2v) is 5.13. The van der Waals surface area contributed by atoms with Gasteiger partial charge >= 0.3 is 0 Å². The van der Waals surface area contributed by atoms with Crippen LogP contribution in [0.2, 0.25) is 5.02 Å². The Hall–Kier alpha value is -0.730. The molecule has 88 valence electrons. The zero-order valence-electron chi connectivity index (χ0n) is 9.85. The molecule has 0 heterocycles. The molecule has 2 rings (SSSR count). The maximum Gasteiger partial charge on any atom is 0.140 e. The van der Waals surface area contributed by atoms with Crippen LogP contribution < -0.4 is 10.5 Å². The van der Waals surface area contributed by atoms with Gasteiger partial charge in [-0.2, -0.15) is 0 Å². The van der Waals surface area contributed by atoms with E-state index in [-0.39, 0.29) is 5.54 Å². The van der Waals surface area contributed by atoms with Crippen LogP contribution in [0.3, 0.4) is 0 Å². The fourth-order valence-corrected chi connectivity index (χ4v) is 2.31. The van der Waals surface area contributed by atoms with Crippen LogP contribution in [-0.4, -0.2) is 12.6 Å². The Kier molecular flexibility index (Phi) is 3.13. The second-order valence-electron chi connectivity index (χ2n) is 4.75. The third-order valence-corrected chi connectivity index (χ3v) is 3.78. The molecule has 0 aliphatic heterocycles. The SMILES string of the molecule is COc1c(C)ccc(CCC2(N)CC2)c1Cl. The molecule has 1 aromatic rings. The summed E-state index contributed by atoms with van der Waals surface area (Å²) in [4.78, 5) is 0. The Bertz CT molecular complexity index is 399. The smallest absolute Gasteiger partial charge is 0.140 e. The standard InChI is InChI=1S/C13H18ClNO/c1-9-3-4-10(11(14)12(9)16-2)5-6-13(15)7-8-13/h3-4H,5-8,15H2,1-2H3. The number of hydrogen-bond donors (Lipinski definition) is 1. The minimum absolute atomic E-state index is 0.0848. The number of hydrogen-bond acceptors (Lipinski definition) is 2. The molecular weight excluding hydrogens is 222 g/mol. The summed E-state index contributed by atoms with van der Waals surface area (Å²) in [7, 11) is 1.66. The number of ether oxygens (including phenoxy) is 1. The molecule has 0 unspecified atom stereocenters. The average molecular weight is 240 g/mol. The summed E-state index contributed by atoms with van der Waals surface area (Å²) in [5, 5.41) is 0.742. The zero-order chi connectivity index (χ0) is 11.8. The maximum absolute atomic E-state index is 6.30. The van der Waals surface area contributed by atoms with Gasteiger partial charge in [-0.15, -0.1) is 0 Å². The van der Waals surface area contributed by atoms with Crippen molar-refractivity contribution < 1.29 is 4.74 Å². The Balaban J connectivity index is 2.14. The minimum Gasteiger partial charge on any atom is -0.495 e. The summed E-state index contributed by atoms with van der Waals surface area (Å²) in [5.41, 5.74) is 8.37. The van der Waals surface area contributed by atoms with E-state index in [0.717, 1.165) is 47.6 Å². The van der Waals surface area contributed by atoms with Crippen molar-refractivity contribution >= 4 is 11.6 Å². The van der Waals surface area contributed by atoms with Crippen LogP contribution in [0, 0.1) is 6.92 Å². The van der Waals surface area contributed by atoms with Gasteiger partial charge in [0.2, 0.25) is 0 Å². The van der Waals surface area contributed by atoms with Crippen molar-refractivity contribution in [2.75, 3.05) is 7.11 Å². The van der Waals surface area contributed by atoms with Crippen molar-refractivity contribution in [3.05, 3.63) is 28.3 Å². The predicted molar refractivity (Wildman–Crippen MR) is 67.2 cm³/mol. The van der Waals surface area contributed by atoms with E-state index in [1.54, 1.807) is 7.11 Å². The van der Waals surface area contributed by atoms with Crippen LogP contribution in [0.25, 0.3) is 0 Å². The molecule has 1 fully saturated rings. The molecular formula is C13H18ClNO. The van der Waals surface area contributed by atoms with Crippen molar-refractivity contribution in [1.82, 2.24) is 0 Å². The van der Waals surface area contributed by atoms with Gasteiger partial charge in [-0.3, -0.25) is 0 Å². The molecule has 1 aliphatic rings. The molecule has 2 nitrogen and oxygen atoms in total. The molecule has 0 bridgehead atoms. The number of nitrogens with two attached hydrogens (primary N) is 1. The van der Waals surface area contributed by atoms with Crippen molar-refractivity contribution in [3.63, 3.8) is 0 Å². The van der Waals surface area contributed by atoms with E-state index in [4.69, 9.17) is 22.1 Å². The first-order valence-electron chi connectivity index (χ1n) is 5.66. The lowest BCUT2D eigenvalue weighted by Gasteiger charge is -2.13. The molecule has 16 heavy (non-hydrogen) atoms. The Labute approximate surface area is 102 Å². The summed E-state index contributed by atoms with van der Waals surface area (Å²) in [6.07, 6.45) is 4.24. The van der Waals surface area contributed by atoms with Gasteiger partial charge in [-0.25, -0.2) is 0 Å². The summed E-state index contributed by atoms with van der Waals surface area (Å²) >= 11 is 6.30. The molecule has 3 heteroatoms. The summed E-state index contributed by atoms with van der Waals surface area (Å²) in [6, 6.07) is 4.13. The summed E-state index contributed by atoms with van der Waals surface area (Å²) < 4.78 is 5.30. The van der Waals surface area contributed by atoms with Gasteiger partial charge in [0, 0.05) is 5.54 Å². The molecule has 1 aliphatic carbocycles. The first kappa shape index (κ1) is 11.7. The maximum atomic E-state index is 6.30. The number of benzene rings is 1. The second kappa shape index (κ2) is 4.27. The van der Waals surface area contributed by atoms with Crippen LogP contribution in [0.4, 0.5) is 0 Å². The van der Waals surface area contributed by atoms with Crippen molar-refractivity contribution in [3.8, 4) is 5.75 Å². The molecule has 0 aromatic heterocycles. The molecule has 0 atom stereocenters. The Morgan fingerprint density at radius 2 is 2.12 bits per heavy atom. The molecule has 2 N–H and O–H groups in total. The first-order chi connectivity index (χ1) is 7.56. The van der Waals surface area contributed by atoms with Crippen molar-refractivity contribution in [2.45, 2.75) is 38.1 Å². The fourth-order valence-electron chi connectivity index (χ4n) is 1.93. The van der Waals surface area contributed by atoms with E-state index >= 15 is 0 Å². The van der Waals surface area contributed by atoms with Gasteiger partial charge in [-0.05, 0) is 43.7 Å². The third kappa shape index (κ3) is 2.33. The van der Waals surface area contributed by atoms with Crippen molar-refractivity contribution in [1.29, 1.82) is 0 Å². The van der Waals surface area contributed by atoms with E-state index in [0.29, 0.717) is 0 Å². The first-order valence-corrected chi connectivity index (χ1v) is 6.04. The van der Waals surface area contributed by atoms with Crippen LogP contribution in [0.15, 0.2) is 12.1 Å². The van der Waals surface area contributed by atoms with Crippen LogP contribution in [0.1, 0.15) is 30.4 Å². The van der Waals surface area contributed by atoms with Gasteiger partial charge < -0.3 is 10.5 Å². The van der Waals surface area contributed by atoms with Gasteiger partial charge in [0.05, 0.1) is 12.1 Å². The minimum atomic E-state index is 0.0848. The fraction of sp³-hybridized carbons (Fsp3) is 0.538. The highest BCUT2D eigenvalue weighted by molar-refractivity contribution is 6.33. The largest absolute Gasteiger partial charge is 0.495 e. The van der Waals surface area contributed by atoms with Crippen LogP contribution >= 0.6 is 11.6 Å². The molecule has 0 radical (unpaired) electrons. The summed E-state index contributed by atoms with van der Waals surface area (Å²) in [6.45, 7) is 2.00. The number of aryl methyl sites for hydroxylation is 2. The summed E-state index contributed by atoms with van der Waals surface area (Å²) in [5.74, 6) is 0.793. The monoisotopic (exact) mass is 239 g/mol. The lowest BCUT2D eigenvalue weighted by atomic mass is 10.0. The quantitative estimate of drug-likeness (QED) is 0.877. The van der Waals surface area contributed by atoms with Crippen LogP contribution in [0.5, 0.6) is 5.75 Å². The molecule has 1 saturated carbocycles. The highest BCUT2D eigenvalue weighted by Gasteiger charge is 2.37. The van der Waals surface area contributed by atoms with Crippen molar-refractivity contribution in [2.24, 2.45) is 5.73 Å². The molecule has 1 aromatic carbocycles. The lowest BCUT2D eigenvalue weighted by molar-refractivity contribution is 0.411. The number of halogens is 1. The normalized spacial score (nSPS) is 17.2. The molecule has 0 saturated heterocycles. The average Bonchev–Trinajstić information content (AvgIpc) is 2.97. The highest BCUT2D eigenvalue weighted by atomic mass is 35.5. The van der Waals surface area contributed by atoms with E-state index < -0.39 is 0 Å². The van der Waals surface area contributed by atoms with Gasteiger partial charge in [0.15, 0.2) is 0 Å². The Morgan fingerprint density at radius 3 is 2.69 bits per heavy atom. The van der Waals surface area contributed by atoms with Crippen LogP contribution in [-0.2, 0) is 6.42 Å². The predicted octanol–water partition coefficient (Wildman–Crippen LogP) is 3.08. The van der Waals surface area contributed by atoms with E-state index in [1.165, 1.54) is 0 Å². The van der Waals surface area contributed by atoms with E-state index in [1.807, 2.05) is 6.92 Å². The Morgan fingerprint density at radius 1 is 1.44 bits per heavy atom. The molecule has 0 spiro atoms. The lowest BCUT2D eigenvalue weighted by Crippen LogP contribution is -2.22. The van der Waals surface area contributed by atoms with E-state index in [9.17, 15) is 0 Å².